The topological polar surface area (TPSA) is 57.5 Å². The molecule has 98 valence electrons. The number of hydrogen-bond acceptors (Lipinski definition) is 2. The molecule has 19 heavy (non-hydrogen) atoms. The molecule has 0 saturated heterocycles. The molecule has 0 aliphatic carbocycles. The van der Waals surface area contributed by atoms with E-state index in [1.165, 1.54) is 0 Å². The Morgan fingerprint density at radius 3 is 2.05 bits per heavy atom. The molecular formula is C16H16O3. The van der Waals surface area contributed by atoms with Crippen molar-refractivity contribution in [2.45, 2.75) is 12.3 Å². The maximum atomic E-state index is 11.1. The highest BCUT2D eigenvalue weighted by Gasteiger charge is 2.18. The molecular weight excluding hydrogens is 240 g/mol. The number of benzene rings is 2. The fourth-order valence-electron chi connectivity index (χ4n) is 2.10. The molecule has 3 heteroatoms. The first kappa shape index (κ1) is 13.3. The van der Waals surface area contributed by atoms with Crippen LogP contribution in [0.3, 0.4) is 0 Å². The van der Waals surface area contributed by atoms with Crippen LogP contribution in [0, 0.1) is 0 Å². The van der Waals surface area contributed by atoms with Gasteiger partial charge < -0.3 is 10.2 Å². The van der Waals surface area contributed by atoms with E-state index in [4.69, 9.17) is 10.2 Å². The molecule has 2 aromatic carbocycles. The van der Waals surface area contributed by atoms with Gasteiger partial charge in [-0.2, -0.15) is 0 Å². The van der Waals surface area contributed by atoms with Crippen LogP contribution in [0.1, 0.15) is 17.9 Å². The predicted molar refractivity (Wildman–Crippen MR) is 74.0 cm³/mol. The van der Waals surface area contributed by atoms with Crippen molar-refractivity contribution >= 4 is 5.97 Å². The highest BCUT2D eigenvalue weighted by Crippen LogP contribution is 2.24. The van der Waals surface area contributed by atoms with Crippen LogP contribution in [0.15, 0.2) is 54.6 Å². The lowest BCUT2D eigenvalue weighted by atomic mass is 9.94. The molecule has 2 N–H and O–H groups in total. The van der Waals surface area contributed by atoms with Crippen molar-refractivity contribution < 1.29 is 15.0 Å². The van der Waals surface area contributed by atoms with E-state index in [0.29, 0.717) is 0 Å². The molecule has 0 aromatic heterocycles. The Balaban J connectivity index is 2.25. The predicted octanol–water partition coefficient (Wildman–Crippen LogP) is 2.90. The van der Waals surface area contributed by atoms with Crippen LogP contribution in [-0.4, -0.2) is 22.8 Å². The summed E-state index contributed by atoms with van der Waals surface area (Å²) in [4.78, 5) is 11.1. The van der Waals surface area contributed by atoms with Crippen LogP contribution in [0.5, 0.6) is 0 Å². The first-order chi connectivity index (χ1) is 9.22. The Kier molecular flexibility index (Phi) is 4.31. The van der Waals surface area contributed by atoms with Gasteiger partial charge in [-0.05, 0) is 23.1 Å². The van der Waals surface area contributed by atoms with E-state index in [1.807, 2.05) is 54.6 Å². The molecule has 2 aromatic rings. The maximum absolute atomic E-state index is 11.1. The molecule has 0 heterocycles. The van der Waals surface area contributed by atoms with E-state index in [-0.39, 0.29) is 13.0 Å². The van der Waals surface area contributed by atoms with Gasteiger partial charge in [0.2, 0.25) is 0 Å². The van der Waals surface area contributed by atoms with Crippen LogP contribution in [0.2, 0.25) is 0 Å². The summed E-state index contributed by atoms with van der Waals surface area (Å²) in [6.07, 6.45) is 0.236. The third-order valence-electron chi connectivity index (χ3n) is 3.14. The summed E-state index contributed by atoms with van der Waals surface area (Å²) in [5.41, 5.74) is 2.88. The molecule has 0 saturated carbocycles. The van der Waals surface area contributed by atoms with Crippen molar-refractivity contribution in [3.05, 3.63) is 60.2 Å². The van der Waals surface area contributed by atoms with Crippen LogP contribution in [-0.2, 0) is 4.79 Å². The van der Waals surface area contributed by atoms with Crippen molar-refractivity contribution in [2.75, 3.05) is 6.61 Å². The first-order valence-electron chi connectivity index (χ1n) is 6.21. The number of aliphatic carboxylic acids is 1. The van der Waals surface area contributed by atoms with E-state index in [1.54, 1.807) is 0 Å². The van der Waals surface area contributed by atoms with E-state index in [9.17, 15) is 4.79 Å². The van der Waals surface area contributed by atoms with Gasteiger partial charge in [0.1, 0.15) is 0 Å². The third-order valence-corrected chi connectivity index (χ3v) is 3.14. The number of carbonyl (C=O) groups is 1. The fraction of sp³-hybridized carbons (Fsp3) is 0.188. The molecule has 0 bridgehead atoms. The summed E-state index contributed by atoms with van der Waals surface area (Å²) in [5.74, 6) is -1.55. The fourth-order valence-corrected chi connectivity index (χ4v) is 2.10. The Bertz CT molecular complexity index is 532. The van der Waals surface area contributed by atoms with E-state index in [2.05, 4.69) is 0 Å². The summed E-state index contributed by atoms with van der Waals surface area (Å²) < 4.78 is 0. The molecule has 1 atom stereocenters. The smallest absolute Gasteiger partial charge is 0.311 e. The second kappa shape index (κ2) is 6.16. The normalized spacial score (nSPS) is 12.1. The minimum atomic E-state index is -0.901. The minimum Gasteiger partial charge on any atom is -0.481 e. The standard InChI is InChI=1S/C16H16O3/c17-11-10-15(16(18)19)14-8-6-13(7-9-14)12-4-2-1-3-5-12/h1-9,15,17H,10-11H2,(H,18,19)/t15-/m0/s1. The molecule has 0 aliphatic heterocycles. The van der Waals surface area contributed by atoms with Crippen molar-refractivity contribution in [3.63, 3.8) is 0 Å². The number of carboxylic acid groups (broad SMARTS) is 1. The van der Waals surface area contributed by atoms with Gasteiger partial charge in [0.15, 0.2) is 0 Å². The Hall–Kier alpha value is -2.13. The van der Waals surface area contributed by atoms with Gasteiger partial charge in [-0.3, -0.25) is 4.79 Å². The van der Waals surface area contributed by atoms with Gasteiger partial charge in [-0.15, -0.1) is 0 Å². The maximum Gasteiger partial charge on any atom is 0.311 e. The Labute approximate surface area is 112 Å². The van der Waals surface area contributed by atoms with Crippen molar-refractivity contribution in [3.8, 4) is 11.1 Å². The Morgan fingerprint density at radius 1 is 0.947 bits per heavy atom. The number of aliphatic hydroxyl groups is 1. The van der Waals surface area contributed by atoms with Crippen LogP contribution < -0.4 is 0 Å². The van der Waals surface area contributed by atoms with Gasteiger partial charge in [-0.25, -0.2) is 0 Å². The molecule has 0 amide bonds. The number of hydrogen-bond donors (Lipinski definition) is 2. The zero-order chi connectivity index (χ0) is 13.7. The van der Waals surface area contributed by atoms with Crippen LogP contribution in [0.25, 0.3) is 11.1 Å². The van der Waals surface area contributed by atoms with Crippen molar-refractivity contribution in [1.82, 2.24) is 0 Å². The third kappa shape index (κ3) is 3.20. The second-order valence-electron chi connectivity index (χ2n) is 4.39. The van der Waals surface area contributed by atoms with Gasteiger partial charge in [0.05, 0.1) is 5.92 Å². The molecule has 0 unspecified atom stereocenters. The molecule has 3 nitrogen and oxygen atoms in total. The lowest BCUT2D eigenvalue weighted by Crippen LogP contribution is -2.13. The highest BCUT2D eigenvalue weighted by atomic mass is 16.4. The van der Waals surface area contributed by atoms with E-state index < -0.39 is 11.9 Å². The van der Waals surface area contributed by atoms with E-state index >= 15 is 0 Å². The van der Waals surface area contributed by atoms with Gasteiger partial charge in [0.25, 0.3) is 0 Å². The molecule has 0 aliphatic rings. The summed E-state index contributed by atoms with van der Waals surface area (Å²) >= 11 is 0. The zero-order valence-electron chi connectivity index (χ0n) is 10.5. The zero-order valence-corrected chi connectivity index (χ0v) is 10.5. The number of carboxylic acids is 1. The highest BCUT2D eigenvalue weighted by molar-refractivity contribution is 5.76. The first-order valence-corrected chi connectivity index (χ1v) is 6.21. The summed E-state index contributed by atoms with van der Waals surface area (Å²) in [6, 6.07) is 17.4. The van der Waals surface area contributed by atoms with Gasteiger partial charge in [0, 0.05) is 6.61 Å². The van der Waals surface area contributed by atoms with E-state index in [0.717, 1.165) is 16.7 Å². The summed E-state index contributed by atoms with van der Waals surface area (Å²) in [7, 11) is 0. The molecule has 0 spiro atoms. The monoisotopic (exact) mass is 256 g/mol. The van der Waals surface area contributed by atoms with Crippen LogP contribution in [0.4, 0.5) is 0 Å². The average molecular weight is 256 g/mol. The van der Waals surface area contributed by atoms with Gasteiger partial charge >= 0.3 is 5.97 Å². The number of rotatable bonds is 5. The average Bonchev–Trinajstić information content (AvgIpc) is 2.46. The SMILES string of the molecule is O=C(O)[C@@H](CCO)c1ccc(-c2ccccc2)cc1. The molecule has 2 rings (SSSR count). The van der Waals surface area contributed by atoms with Crippen molar-refractivity contribution in [1.29, 1.82) is 0 Å². The lowest BCUT2D eigenvalue weighted by molar-refractivity contribution is -0.139. The summed E-state index contributed by atoms with van der Waals surface area (Å²) in [5, 5.41) is 18.0. The molecule has 0 fully saturated rings. The quantitative estimate of drug-likeness (QED) is 0.864. The van der Waals surface area contributed by atoms with Crippen molar-refractivity contribution in [2.24, 2.45) is 0 Å². The second-order valence-corrected chi connectivity index (χ2v) is 4.39. The lowest BCUT2D eigenvalue weighted by Gasteiger charge is -2.12. The molecule has 0 radical (unpaired) electrons. The Morgan fingerprint density at radius 2 is 1.53 bits per heavy atom. The summed E-state index contributed by atoms with van der Waals surface area (Å²) in [6.45, 7) is -0.128. The van der Waals surface area contributed by atoms with Gasteiger partial charge in [-0.1, -0.05) is 54.6 Å². The largest absolute Gasteiger partial charge is 0.481 e. The van der Waals surface area contributed by atoms with Crippen LogP contribution >= 0.6 is 0 Å². The number of aliphatic hydroxyl groups excluding tert-OH is 1. The minimum absolute atomic E-state index is 0.128.